The molecule has 0 bridgehead atoms. The molecule has 121 heavy (non-hydrogen) atoms. The van der Waals surface area contributed by atoms with Crippen LogP contribution in [0.4, 0.5) is 0 Å². The van der Waals surface area contributed by atoms with Gasteiger partial charge in [-0.25, -0.2) is 62.3 Å². The number of carbonyl (C=O) groups excluding carboxylic acids is 14. The highest BCUT2D eigenvalue weighted by Gasteiger charge is 2.40. The molecule has 0 spiro atoms. The number of nitrogens with one attached hydrogen (secondary N) is 1. The molecular formula is C81H121NO39. The fraction of sp³-hybridized carbons (Fsp3) is 0.481. The second-order valence-corrected chi connectivity index (χ2v) is 24.1. The van der Waals surface area contributed by atoms with Crippen molar-refractivity contribution in [3.05, 3.63) is 176 Å². The van der Waals surface area contributed by atoms with Crippen molar-refractivity contribution in [2.45, 2.75) is 64.8 Å². The lowest BCUT2D eigenvalue weighted by atomic mass is 9.90. The van der Waals surface area contributed by atoms with E-state index >= 15 is 0 Å². The number of rotatable bonds is 60. The van der Waals surface area contributed by atoms with Crippen LogP contribution in [0.3, 0.4) is 0 Å². The average Bonchev–Trinajstić information content (AvgIpc) is 0.852. The Labute approximate surface area is 703 Å². The summed E-state index contributed by atoms with van der Waals surface area (Å²) in [7, 11) is 0. The molecule has 40 heteroatoms. The second-order valence-electron chi connectivity index (χ2n) is 24.1. The van der Waals surface area contributed by atoms with Crippen LogP contribution in [0.25, 0.3) is 0 Å². The minimum Gasteiger partial charge on any atom is -0.462 e. The van der Waals surface area contributed by atoms with E-state index in [0.717, 1.165) is 92.5 Å². The number of hydrogen-bond donors (Lipinski definition) is 10. The maximum absolute atomic E-state index is 11.7. The first-order chi connectivity index (χ1) is 57.2. The molecule has 0 aliphatic carbocycles. The molecule has 0 rings (SSSR count). The van der Waals surface area contributed by atoms with Gasteiger partial charge < -0.3 is 127 Å². The number of aliphatic hydroxyl groups is 9. The van der Waals surface area contributed by atoms with Crippen molar-refractivity contribution in [3.63, 3.8) is 0 Å². The van der Waals surface area contributed by atoms with Crippen molar-refractivity contribution in [1.82, 2.24) is 5.32 Å². The molecule has 0 fully saturated rings. The van der Waals surface area contributed by atoms with E-state index in [1.807, 2.05) is 0 Å². The van der Waals surface area contributed by atoms with Gasteiger partial charge in [0, 0.05) is 97.2 Å². The summed E-state index contributed by atoms with van der Waals surface area (Å²) < 4.78 is 79.0. The van der Waals surface area contributed by atoms with Gasteiger partial charge in [-0.05, 0) is 39.7 Å². The Morgan fingerprint density at radius 3 is 0.777 bits per heavy atom. The molecule has 10 N–H and O–H groups in total. The number of carbonyl (C=O) groups is 14. The van der Waals surface area contributed by atoms with Crippen LogP contribution >= 0.6 is 0 Å². The van der Waals surface area contributed by atoms with Crippen molar-refractivity contribution < 1.29 is 189 Å². The van der Waals surface area contributed by atoms with Crippen molar-refractivity contribution in [3.8, 4) is 0 Å². The summed E-state index contributed by atoms with van der Waals surface area (Å²) in [6, 6.07) is 0. The Morgan fingerprint density at radius 2 is 0.537 bits per heavy atom. The van der Waals surface area contributed by atoms with E-state index in [0.29, 0.717) is 30.9 Å². The Balaban J connectivity index is -0.000000271. The third-order valence-electron chi connectivity index (χ3n) is 13.0. The number of hydrogen-bond acceptors (Lipinski definition) is 39. The molecule has 684 valence electrons. The van der Waals surface area contributed by atoms with Crippen LogP contribution in [0.1, 0.15) is 46.5 Å². The van der Waals surface area contributed by atoms with Crippen LogP contribution in [-0.2, 0) is 143 Å². The minimum absolute atomic E-state index is 0.0282. The SMILES string of the molecule is C=C(C)C(=O)OCC(O)CO.C=C(C)C(=O)OCCO.C=C(C)C(=O)OCCO.C=CC(=O)NCCO.C=CC(=O)OCC(CO)(COC(=O)C=C)COC(=O)C=C.C=CC(=O)OCC(CO)(COCC(COC(=O)C=C)(COC(=O)C=C)COC(=O)C=C)COC(=O)C=C.C=CC(=O)OCC(O)COCCCCCCOCC(O)COC(=O)C=C. The molecule has 0 aromatic heterocycles. The van der Waals surface area contributed by atoms with Crippen LogP contribution in [0.2, 0.25) is 0 Å². The van der Waals surface area contributed by atoms with Gasteiger partial charge in [0.05, 0.1) is 82.3 Å². The van der Waals surface area contributed by atoms with E-state index in [-0.39, 0.29) is 111 Å². The van der Waals surface area contributed by atoms with E-state index in [2.05, 4.69) is 121 Å². The molecule has 40 nitrogen and oxygen atoms in total. The first-order valence-electron chi connectivity index (χ1n) is 35.9. The zero-order valence-corrected chi connectivity index (χ0v) is 69.0. The predicted molar refractivity (Wildman–Crippen MR) is 431 cm³/mol. The summed E-state index contributed by atoms with van der Waals surface area (Å²) in [5.74, 6) is -9.07. The first-order valence-corrected chi connectivity index (χ1v) is 35.9. The normalized spacial score (nSPS) is 10.7. The summed E-state index contributed by atoms with van der Waals surface area (Å²) in [5.41, 5.74) is -3.18. The predicted octanol–water partition coefficient (Wildman–Crippen LogP) is 0.463. The zero-order chi connectivity index (χ0) is 94.1. The average molecular weight is 1730 g/mol. The molecule has 0 aromatic carbocycles. The zero-order valence-electron chi connectivity index (χ0n) is 69.0. The Morgan fingerprint density at radius 1 is 0.289 bits per heavy atom. The van der Waals surface area contributed by atoms with Gasteiger partial charge in [-0.3, -0.25) is 4.79 Å². The van der Waals surface area contributed by atoms with Gasteiger partial charge in [-0.1, -0.05) is 105 Å². The molecule has 0 radical (unpaired) electrons. The van der Waals surface area contributed by atoms with E-state index in [4.69, 9.17) is 77.6 Å². The molecule has 0 aliphatic rings. The maximum atomic E-state index is 11.7. The number of esters is 13. The molecular weight excluding hydrogens is 1610 g/mol. The lowest BCUT2D eigenvalue weighted by molar-refractivity contribution is -0.168. The summed E-state index contributed by atoms with van der Waals surface area (Å²) in [5, 5.41) is 82.5. The van der Waals surface area contributed by atoms with Crippen LogP contribution in [0, 0.1) is 16.2 Å². The number of amides is 1. The van der Waals surface area contributed by atoms with Crippen LogP contribution in [-0.4, -0.2) is 319 Å². The highest BCUT2D eigenvalue weighted by atomic mass is 16.6. The Bertz CT molecular complexity index is 3030. The molecule has 0 aromatic rings. The quantitative estimate of drug-likeness (QED) is 0.0171. The minimum atomic E-state index is -1.44. The van der Waals surface area contributed by atoms with Crippen molar-refractivity contribution in [2.24, 2.45) is 16.2 Å². The monoisotopic (exact) mass is 1730 g/mol. The molecule has 0 aliphatic heterocycles. The summed E-state index contributed by atoms with van der Waals surface area (Å²) in [6.07, 6.45) is 11.5. The number of unbranched alkanes of at least 4 members (excludes halogenated alkanes) is 3. The molecule has 0 saturated carbocycles. The van der Waals surface area contributed by atoms with Crippen LogP contribution in [0.5, 0.6) is 0 Å². The van der Waals surface area contributed by atoms with Gasteiger partial charge in [0.1, 0.15) is 104 Å². The van der Waals surface area contributed by atoms with E-state index in [1.165, 1.54) is 6.92 Å². The Hall–Kier alpha value is -11.5. The molecule has 3 atom stereocenters. The fourth-order valence-corrected chi connectivity index (χ4v) is 6.42. The summed E-state index contributed by atoms with van der Waals surface area (Å²) in [6.45, 7) is 45.9. The van der Waals surface area contributed by atoms with Crippen molar-refractivity contribution in [2.75, 3.05) is 172 Å². The van der Waals surface area contributed by atoms with Crippen LogP contribution in [0.15, 0.2) is 176 Å². The third-order valence-corrected chi connectivity index (χ3v) is 13.0. The number of ether oxygens (including phenoxy) is 16. The third kappa shape index (κ3) is 76.9. The Kier molecular flexibility index (Phi) is 82.0. The summed E-state index contributed by atoms with van der Waals surface area (Å²) >= 11 is 0. The lowest BCUT2D eigenvalue weighted by Gasteiger charge is -2.34. The van der Waals surface area contributed by atoms with Crippen molar-refractivity contribution in [1.29, 1.82) is 0 Å². The van der Waals surface area contributed by atoms with Crippen LogP contribution < -0.4 is 5.32 Å². The van der Waals surface area contributed by atoms with E-state index in [9.17, 15) is 87.5 Å². The standard InChI is InChI=1S/C25H32O12.C18H30O8.C14H18O7.C7H12O4.2C6H10O3.C5H9NO2/c1-6-19(27)33-14-24(11-26,15-34-20(28)7-2)12-32-13-25(16-35-21(29)8-3,17-36-22(30)9-4)18-37-23(31)10-5;1-3-17(21)25-13-15(19)11-23-9-7-5-6-8-10-24-12-16(20)14-26-18(22)4-2;1-4-11(16)19-8-14(7-15,9-20-12(17)5-2)10-21-13(18)6-3;1-5(2)7(10)11-4-6(9)3-8;2*1-5(2)6(8)9-4-3-7;1-2-5(8)6-3-4-7/h6-10,26H,1-5,11-18H2;3-4,15-16,19-20H,1-2,5-14H2;4-6,15H,1-3,7-10H2;6,8-9H,1,3-4H2,2H3;2*7H,1,3-4H2,2H3;2,7H,1,3-4H2,(H,6,8). The molecule has 0 heterocycles. The van der Waals surface area contributed by atoms with E-state index < -0.39 is 165 Å². The smallest absolute Gasteiger partial charge is 0.333 e. The highest BCUT2D eigenvalue weighted by molar-refractivity contribution is 5.89. The lowest BCUT2D eigenvalue weighted by Crippen LogP contribution is -2.46. The summed E-state index contributed by atoms with van der Waals surface area (Å²) in [4.78, 5) is 155. The first kappa shape index (κ1) is 123. The van der Waals surface area contributed by atoms with Gasteiger partial charge in [0.25, 0.3) is 0 Å². The van der Waals surface area contributed by atoms with Gasteiger partial charge in [0.15, 0.2) is 0 Å². The molecule has 1 amide bonds. The second kappa shape index (κ2) is 80.9. The van der Waals surface area contributed by atoms with Gasteiger partial charge in [-0.15, -0.1) is 0 Å². The fourth-order valence-electron chi connectivity index (χ4n) is 6.42. The molecule has 3 unspecified atom stereocenters. The van der Waals surface area contributed by atoms with E-state index in [1.54, 1.807) is 13.8 Å². The largest absolute Gasteiger partial charge is 0.462 e. The topological polar surface area (TPSA) is 581 Å². The highest BCUT2D eigenvalue weighted by Crippen LogP contribution is 2.26. The van der Waals surface area contributed by atoms with Crippen molar-refractivity contribution >= 4 is 83.5 Å². The molecule has 0 saturated heterocycles. The van der Waals surface area contributed by atoms with Gasteiger partial charge >= 0.3 is 77.6 Å². The maximum Gasteiger partial charge on any atom is 0.333 e. The van der Waals surface area contributed by atoms with Gasteiger partial charge in [0.2, 0.25) is 5.91 Å². The van der Waals surface area contributed by atoms with Gasteiger partial charge in [-0.2, -0.15) is 0 Å². The number of aliphatic hydroxyl groups excluding tert-OH is 9.